The Bertz CT molecular complexity index is 552. The van der Waals surface area contributed by atoms with E-state index in [1.165, 1.54) is 4.31 Å². The Morgan fingerprint density at radius 3 is 2.18 bits per heavy atom. The van der Waals surface area contributed by atoms with Gasteiger partial charge >= 0.3 is 0 Å². The fraction of sp³-hybridized carbons (Fsp3) is 0.385. The molecule has 1 heterocycles. The van der Waals surface area contributed by atoms with Crippen molar-refractivity contribution < 1.29 is 8.42 Å². The minimum absolute atomic E-state index is 0.376. The smallest absolute Gasteiger partial charge is 0.264 e. The maximum absolute atomic E-state index is 12.3. The summed E-state index contributed by atoms with van der Waals surface area (Å²) in [5, 5.41) is 0. The lowest BCUT2D eigenvalue weighted by atomic mass is 10.1. The van der Waals surface area contributed by atoms with Gasteiger partial charge in [0, 0.05) is 18.7 Å². The third-order valence-electron chi connectivity index (χ3n) is 3.04. The van der Waals surface area contributed by atoms with Crippen molar-refractivity contribution in [1.82, 2.24) is 4.31 Å². The van der Waals surface area contributed by atoms with Crippen molar-refractivity contribution in [2.24, 2.45) is 0 Å². The summed E-state index contributed by atoms with van der Waals surface area (Å²) in [5.41, 5.74) is 3.08. The van der Waals surface area contributed by atoms with E-state index in [1.807, 2.05) is 32.9 Å². The Labute approximate surface area is 103 Å². The zero-order valence-electron chi connectivity index (χ0n) is 10.4. The first-order valence-electron chi connectivity index (χ1n) is 5.68. The lowest BCUT2D eigenvalue weighted by molar-refractivity contribution is 0.384. The number of sulfonamides is 1. The Morgan fingerprint density at radius 2 is 1.76 bits per heavy atom. The minimum Gasteiger partial charge on any atom is -0.270 e. The predicted octanol–water partition coefficient (Wildman–Crippen LogP) is 2.68. The molecule has 1 aromatic carbocycles. The van der Waals surface area contributed by atoms with Gasteiger partial charge < -0.3 is 0 Å². The van der Waals surface area contributed by atoms with E-state index in [2.05, 4.69) is 0 Å². The van der Waals surface area contributed by atoms with Crippen LogP contribution in [-0.2, 0) is 10.0 Å². The van der Waals surface area contributed by atoms with Crippen LogP contribution in [0.25, 0.3) is 0 Å². The van der Waals surface area contributed by atoms with Gasteiger partial charge in [0.2, 0.25) is 0 Å². The van der Waals surface area contributed by atoms with E-state index in [1.54, 1.807) is 12.1 Å². The van der Waals surface area contributed by atoms with Crippen LogP contribution in [-0.4, -0.2) is 19.3 Å². The van der Waals surface area contributed by atoms with Crippen molar-refractivity contribution in [3.8, 4) is 0 Å². The maximum Gasteiger partial charge on any atom is 0.264 e. The van der Waals surface area contributed by atoms with Crippen LogP contribution in [0.5, 0.6) is 0 Å². The molecule has 0 unspecified atom stereocenters. The van der Waals surface area contributed by atoms with Crippen LogP contribution in [0.2, 0.25) is 0 Å². The van der Waals surface area contributed by atoms with Crippen molar-refractivity contribution in [3.63, 3.8) is 0 Å². The molecule has 4 heteroatoms. The predicted molar refractivity (Wildman–Crippen MR) is 68.1 cm³/mol. The second kappa shape index (κ2) is 4.18. The number of nitrogens with zero attached hydrogens (tertiary/aromatic N) is 1. The molecule has 0 aromatic heterocycles. The SMILES string of the molecule is CC(C)=C1CCN1S(=O)(=O)c1ccc(C)cc1. The fourth-order valence-electron chi connectivity index (χ4n) is 1.92. The fourth-order valence-corrected chi connectivity index (χ4v) is 3.55. The highest BCUT2D eigenvalue weighted by molar-refractivity contribution is 7.89. The summed E-state index contributed by atoms with van der Waals surface area (Å²) in [6.45, 7) is 6.44. The van der Waals surface area contributed by atoms with E-state index >= 15 is 0 Å². The van der Waals surface area contributed by atoms with E-state index < -0.39 is 10.0 Å². The van der Waals surface area contributed by atoms with Crippen molar-refractivity contribution in [2.75, 3.05) is 6.54 Å². The lowest BCUT2D eigenvalue weighted by Crippen LogP contribution is -2.40. The molecule has 0 N–H and O–H groups in total. The van der Waals surface area contributed by atoms with Crippen molar-refractivity contribution >= 4 is 10.0 Å². The van der Waals surface area contributed by atoms with E-state index in [-0.39, 0.29) is 0 Å². The Hall–Kier alpha value is -1.29. The first kappa shape index (κ1) is 12.2. The summed E-state index contributed by atoms with van der Waals surface area (Å²) in [6.07, 6.45) is 0.855. The van der Waals surface area contributed by atoms with Crippen molar-refractivity contribution in [1.29, 1.82) is 0 Å². The highest BCUT2D eigenvalue weighted by Gasteiger charge is 2.33. The second-order valence-corrected chi connectivity index (χ2v) is 6.45. The molecule has 0 atom stereocenters. The Balaban J connectivity index is 2.38. The van der Waals surface area contributed by atoms with Crippen LogP contribution in [0, 0.1) is 6.92 Å². The number of aryl methyl sites for hydroxylation is 1. The first-order chi connectivity index (χ1) is 7.93. The molecule has 1 saturated heterocycles. The molecule has 2 rings (SSSR count). The molecule has 0 saturated carbocycles. The van der Waals surface area contributed by atoms with Gasteiger partial charge in [-0.05, 0) is 32.9 Å². The molecule has 1 fully saturated rings. The van der Waals surface area contributed by atoms with Crippen LogP contribution >= 0.6 is 0 Å². The number of allylic oxidation sites excluding steroid dienone is 1. The van der Waals surface area contributed by atoms with Crippen LogP contribution in [0.15, 0.2) is 40.4 Å². The topological polar surface area (TPSA) is 37.4 Å². The molecule has 0 spiro atoms. The third kappa shape index (κ3) is 2.09. The summed E-state index contributed by atoms with van der Waals surface area (Å²) in [6, 6.07) is 7.00. The lowest BCUT2D eigenvalue weighted by Gasteiger charge is -2.36. The zero-order chi connectivity index (χ0) is 12.6. The zero-order valence-corrected chi connectivity index (χ0v) is 11.2. The molecule has 3 nitrogen and oxygen atoms in total. The average molecular weight is 251 g/mol. The molecule has 1 aliphatic rings. The van der Waals surface area contributed by atoms with Gasteiger partial charge in [0.25, 0.3) is 10.0 Å². The summed E-state index contributed by atoms with van der Waals surface area (Å²) in [7, 11) is -3.34. The van der Waals surface area contributed by atoms with E-state index in [0.717, 1.165) is 23.3 Å². The minimum atomic E-state index is -3.34. The highest BCUT2D eigenvalue weighted by atomic mass is 32.2. The van der Waals surface area contributed by atoms with Gasteiger partial charge in [0.05, 0.1) is 4.90 Å². The number of rotatable bonds is 2. The molecular formula is C13H17NO2S. The van der Waals surface area contributed by atoms with Gasteiger partial charge in [-0.1, -0.05) is 23.3 Å². The standard InChI is InChI=1S/C13H17NO2S/c1-10(2)13-8-9-14(13)17(15,16)12-6-4-11(3)5-7-12/h4-7H,8-9H2,1-3H3. The normalized spacial score (nSPS) is 15.7. The Kier molecular flexibility index (Phi) is 3.00. The summed E-state index contributed by atoms with van der Waals surface area (Å²) < 4.78 is 26.2. The number of benzene rings is 1. The average Bonchev–Trinajstić information content (AvgIpc) is 2.14. The van der Waals surface area contributed by atoms with Gasteiger partial charge in [-0.3, -0.25) is 4.31 Å². The molecule has 0 amide bonds. The molecule has 0 aliphatic carbocycles. The molecule has 92 valence electrons. The van der Waals surface area contributed by atoms with Gasteiger partial charge in [-0.15, -0.1) is 0 Å². The maximum atomic E-state index is 12.3. The largest absolute Gasteiger partial charge is 0.270 e. The molecule has 1 aliphatic heterocycles. The van der Waals surface area contributed by atoms with Gasteiger partial charge in [-0.25, -0.2) is 8.42 Å². The Morgan fingerprint density at radius 1 is 1.18 bits per heavy atom. The second-order valence-electron chi connectivity index (χ2n) is 4.59. The van der Waals surface area contributed by atoms with Crippen LogP contribution < -0.4 is 0 Å². The van der Waals surface area contributed by atoms with E-state index in [0.29, 0.717) is 11.4 Å². The quantitative estimate of drug-likeness (QED) is 0.810. The van der Waals surface area contributed by atoms with Crippen molar-refractivity contribution in [2.45, 2.75) is 32.1 Å². The first-order valence-corrected chi connectivity index (χ1v) is 7.12. The van der Waals surface area contributed by atoms with Gasteiger partial charge in [-0.2, -0.15) is 0 Å². The number of hydrogen-bond acceptors (Lipinski definition) is 2. The number of hydrogen-bond donors (Lipinski definition) is 0. The summed E-state index contributed by atoms with van der Waals surface area (Å²) in [5.74, 6) is 0. The van der Waals surface area contributed by atoms with Crippen LogP contribution in [0.4, 0.5) is 0 Å². The van der Waals surface area contributed by atoms with Crippen LogP contribution in [0.3, 0.4) is 0 Å². The molecule has 1 aromatic rings. The monoisotopic (exact) mass is 251 g/mol. The molecule has 17 heavy (non-hydrogen) atoms. The molecular weight excluding hydrogens is 234 g/mol. The van der Waals surface area contributed by atoms with E-state index in [9.17, 15) is 8.42 Å². The summed E-state index contributed by atoms with van der Waals surface area (Å²) in [4.78, 5) is 0.376. The molecule has 0 radical (unpaired) electrons. The van der Waals surface area contributed by atoms with Gasteiger partial charge in [0.15, 0.2) is 0 Å². The third-order valence-corrected chi connectivity index (χ3v) is 4.89. The molecule has 0 bridgehead atoms. The van der Waals surface area contributed by atoms with E-state index in [4.69, 9.17) is 0 Å². The summed E-state index contributed by atoms with van der Waals surface area (Å²) >= 11 is 0. The van der Waals surface area contributed by atoms with Crippen molar-refractivity contribution in [3.05, 3.63) is 41.1 Å². The van der Waals surface area contributed by atoms with Crippen LogP contribution in [0.1, 0.15) is 25.8 Å². The highest BCUT2D eigenvalue weighted by Crippen LogP contribution is 2.31. The van der Waals surface area contributed by atoms with Gasteiger partial charge in [0.1, 0.15) is 0 Å².